The van der Waals surface area contributed by atoms with Crippen molar-refractivity contribution in [2.24, 2.45) is 0 Å². The lowest BCUT2D eigenvalue weighted by atomic mass is 9.34. The van der Waals surface area contributed by atoms with Crippen LogP contribution in [0.25, 0.3) is 133 Å². The molecule has 0 saturated carbocycles. The number of aromatic nitrogens is 2. The zero-order valence-corrected chi connectivity index (χ0v) is 55.4. The number of anilines is 3. The molecule has 15 aromatic carbocycles. The van der Waals surface area contributed by atoms with E-state index >= 15 is 0 Å². The highest BCUT2D eigenvalue weighted by atomic mass is 32.2. The number of para-hydroxylation sites is 4. The van der Waals surface area contributed by atoms with Crippen molar-refractivity contribution in [1.82, 2.24) is 9.13 Å². The van der Waals surface area contributed by atoms with Gasteiger partial charge in [0.15, 0.2) is 0 Å². The molecule has 101 heavy (non-hydrogen) atoms. The van der Waals surface area contributed by atoms with Gasteiger partial charge in [0.2, 0.25) is 6.71 Å². The summed E-state index contributed by atoms with van der Waals surface area (Å²) in [4.78, 5) is 3.68. The molecule has 0 saturated heterocycles. The maximum absolute atomic E-state index is 9.98. The van der Waals surface area contributed by atoms with Gasteiger partial charge in [-0.3, -0.25) is 0 Å². The van der Waals surface area contributed by atoms with E-state index in [1.165, 1.54) is 49.7 Å². The number of rotatable bonds is 6. The highest BCUT2D eigenvalue weighted by molar-refractivity contribution is 8.00. The molecule has 2 aliphatic carbocycles. The van der Waals surface area contributed by atoms with Crippen LogP contribution in [0.4, 0.5) is 17.1 Å². The van der Waals surface area contributed by atoms with E-state index in [-0.39, 0.29) is 55.0 Å². The lowest BCUT2D eigenvalue weighted by Crippen LogP contribution is -2.60. The molecule has 0 unspecified atom stereocenters. The van der Waals surface area contributed by atoms with Crippen molar-refractivity contribution >= 4 is 117 Å². The summed E-state index contributed by atoms with van der Waals surface area (Å²) in [6, 6.07) is 69.1. The van der Waals surface area contributed by atoms with Gasteiger partial charge in [0.1, 0.15) is 11.2 Å². The first-order chi connectivity index (χ1) is 56.4. The van der Waals surface area contributed by atoms with Crippen LogP contribution in [-0.4, -0.2) is 15.8 Å². The number of fused-ring (bicyclic) bond motifs is 24. The monoisotopic (exact) mass is 1320 g/mol. The SMILES string of the molecule is [2H]c1c([2H])c([2H])c2c(c1[2H])c1c([2H])c([2H])c([2H])c([2H])c1n2-c1ccc2c(c1)N(c1c(-c3ccccc3)cc(C(C)(C)C)cc1-c1ccccc1)c1cc(-n3c4c([2H])c([2H])c([2H])c([2H])c4c4c([2H])c([2H])c([2H])c([2H])c43)cc3c1B2c1ccc2oc4ccc(-c5cccc6c5-c5ccccc5C65c6ccccc6-c6ccccc65)cc4c2c1S3. The van der Waals surface area contributed by atoms with Gasteiger partial charge in [-0.05, 0) is 167 Å². The molecule has 472 valence electrons. The maximum Gasteiger partial charge on any atom is 0.249 e. The zero-order chi connectivity index (χ0) is 80.5. The molecule has 0 atom stereocenters. The standard InChI is InChI=1S/C95H62BN3OS/c1-94(2,3)60-52-71(57-25-6-4-7-26-57)92(72(53-60)58-27-8-5-9-28-58)99-84-54-61(97-80-41-20-13-31-66(80)67-32-14-21-42-81(67)97)46-47-78(84)96-79-48-50-87-90(93(79)101-88-56-62(55-85(99)91(88)96)98-82-43-22-15-33-68(82)69-34-16-23-44-83(69)98)73-51-59(45-49-86(73)100-87)63-36-24-40-77-89(63)70-35-12-19-39-76(70)95(77)74-37-17-10-29-64(74)65-30-11-18-38-75(65)95/h4-56H,1-3H3/i13D,14D,15D,16D,20D,21D,22D,23D,31D,32D,33D,34D,41D,42D,43D,44D. The Kier molecular flexibility index (Phi) is 9.00. The number of nitrogens with zero attached hydrogens (tertiary/aromatic N) is 3. The Morgan fingerprint density at radius 2 is 0.891 bits per heavy atom. The van der Waals surface area contributed by atoms with Crippen LogP contribution in [0.15, 0.2) is 335 Å². The van der Waals surface area contributed by atoms with Crippen LogP contribution < -0.4 is 21.3 Å². The summed E-state index contributed by atoms with van der Waals surface area (Å²) in [5.74, 6) is 0. The molecule has 0 radical (unpaired) electrons. The molecule has 4 aliphatic rings. The summed E-state index contributed by atoms with van der Waals surface area (Å²) in [5, 5.41) is 1.24. The van der Waals surface area contributed by atoms with E-state index in [1.807, 2.05) is 78.9 Å². The summed E-state index contributed by atoms with van der Waals surface area (Å²) < 4.78 is 162. The molecule has 18 aromatic rings. The Hall–Kier alpha value is -12.1. The number of hydrogen-bond donors (Lipinski definition) is 0. The third-order valence-electron chi connectivity index (χ3n) is 21.6. The predicted molar refractivity (Wildman–Crippen MR) is 424 cm³/mol. The molecule has 1 spiro atoms. The summed E-state index contributed by atoms with van der Waals surface area (Å²) in [6.45, 7) is 5.77. The lowest BCUT2D eigenvalue weighted by Gasteiger charge is -2.42. The summed E-state index contributed by atoms with van der Waals surface area (Å²) >= 11 is 1.50. The second-order valence-electron chi connectivity index (χ2n) is 27.7. The molecular weight excluding hydrogens is 1240 g/mol. The number of benzene rings is 15. The third kappa shape index (κ3) is 7.83. The van der Waals surface area contributed by atoms with E-state index in [0.29, 0.717) is 33.1 Å². The van der Waals surface area contributed by atoms with Crippen molar-refractivity contribution in [3.8, 4) is 67.0 Å². The molecule has 0 bridgehead atoms. The van der Waals surface area contributed by atoms with Crippen molar-refractivity contribution < 1.29 is 26.3 Å². The van der Waals surface area contributed by atoms with Crippen molar-refractivity contribution in [2.45, 2.75) is 41.4 Å². The second kappa shape index (κ2) is 21.0. The summed E-state index contributed by atoms with van der Waals surface area (Å²) in [6.07, 6.45) is 0. The third-order valence-corrected chi connectivity index (χ3v) is 22.8. The van der Waals surface area contributed by atoms with Crippen LogP contribution in [0.1, 0.15) is 70.5 Å². The van der Waals surface area contributed by atoms with Crippen molar-refractivity contribution in [3.63, 3.8) is 0 Å². The van der Waals surface area contributed by atoms with Gasteiger partial charge in [-0.1, -0.05) is 280 Å². The fourth-order valence-corrected chi connectivity index (χ4v) is 18.8. The van der Waals surface area contributed by atoms with Crippen LogP contribution >= 0.6 is 11.8 Å². The van der Waals surface area contributed by atoms with E-state index in [0.717, 1.165) is 82.1 Å². The fourth-order valence-electron chi connectivity index (χ4n) is 17.4. The van der Waals surface area contributed by atoms with Gasteiger partial charge in [-0.15, -0.1) is 0 Å². The van der Waals surface area contributed by atoms with Gasteiger partial charge in [0.25, 0.3) is 0 Å². The lowest BCUT2D eigenvalue weighted by molar-refractivity contribution is 0.591. The maximum atomic E-state index is 9.98. The first-order valence-electron chi connectivity index (χ1n) is 41.9. The molecule has 0 amide bonds. The summed E-state index contributed by atoms with van der Waals surface area (Å²) in [5.41, 5.74) is 20.2. The van der Waals surface area contributed by atoms with Crippen LogP contribution in [-0.2, 0) is 10.8 Å². The van der Waals surface area contributed by atoms with Gasteiger partial charge in [0.05, 0.1) is 55.1 Å². The molecular formula is C95H62BN3OS. The highest BCUT2D eigenvalue weighted by Crippen LogP contribution is 2.64. The van der Waals surface area contributed by atoms with Gasteiger partial charge in [-0.2, -0.15) is 0 Å². The minimum atomic E-state index is -0.713. The fraction of sp³-hybridized carbons (Fsp3) is 0.0526. The quantitative estimate of drug-likeness (QED) is 0.155. The first kappa shape index (κ1) is 43.3. The molecule has 2 aliphatic heterocycles. The average molecular weight is 1320 g/mol. The van der Waals surface area contributed by atoms with E-state index in [2.05, 4.69) is 171 Å². The average Bonchev–Trinajstić information content (AvgIpc) is 1.54. The van der Waals surface area contributed by atoms with E-state index in [1.54, 1.807) is 4.57 Å². The predicted octanol–water partition coefficient (Wildman–Crippen LogP) is 23.2. The Labute approximate surface area is 612 Å². The van der Waals surface area contributed by atoms with Gasteiger partial charge < -0.3 is 18.5 Å². The number of hydrogen-bond acceptors (Lipinski definition) is 3. The van der Waals surface area contributed by atoms with Gasteiger partial charge >= 0.3 is 0 Å². The van der Waals surface area contributed by atoms with Crippen molar-refractivity contribution in [3.05, 3.63) is 349 Å². The summed E-state index contributed by atoms with van der Waals surface area (Å²) in [7, 11) is 0. The van der Waals surface area contributed by atoms with Crippen LogP contribution in [0.5, 0.6) is 0 Å². The Bertz CT molecular complexity index is 7380. The smallest absolute Gasteiger partial charge is 0.249 e. The Morgan fingerprint density at radius 1 is 0.396 bits per heavy atom. The van der Waals surface area contributed by atoms with Crippen LogP contribution in [0, 0.1) is 0 Å². The molecule has 0 fully saturated rings. The van der Waals surface area contributed by atoms with Gasteiger partial charge in [-0.25, -0.2) is 0 Å². The number of furan rings is 1. The molecule has 0 N–H and O–H groups in total. The molecule has 6 heteroatoms. The molecule has 22 rings (SSSR count). The Balaban J connectivity index is 0.889. The normalized spacial score (nSPS) is 15.9. The topological polar surface area (TPSA) is 26.2 Å². The van der Waals surface area contributed by atoms with E-state index < -0.39 is 114 Å². The highest BCUT2D eigenvalue weighted by Gasteiger charge is 2.52. The molecule has 4 nitrogen and oxygen atoms in total. The first-order valence-corrected chi connectivity index (χ1v) is 34.8. The largest absolute Gasteiger partial charge is 0.456 e. The second-order valence-corrected chi connectivity index (χ2v) is 28.8. The van der Waals surface area contributed by atoms with Crippen LogP contribution in [0.2, 0.25) is 0 Å². The van der Waals surface area contributed by atoms with E-state index in [4.69, 9.17) is 9.90 Å². The Morgan fingerprint density at radius 3 is 1.49 bits per heavy atom. The van der Waals surface area contributed by atoms with Crippen molar-refractivity contribution in [1.29, 1.82) is 0 Å². The van der Waals surface area contributed by atoms with Crippen LogP contribution in [0.3, 0.4) is 0 Å². The van der Waals surface area contributed by atoms with Gasteiger partial charge in [0, 0.05) is 76.0 Å². The van der Waals surface area contributed by atoms with E-state index in [9.17, 15) is 16.4 Å². The zero-order valence-electron chi connectivity index (χ0n) is 70.6. The molecule has 5 heterocycles. The minimum Gasteiger partial charge on any atom is -0.456 e. The van der Waals surface area contributed by atoms with Crippen molar-refractivity contribution in [2.75, 3.05) is 4.90 Å². The minimum absolute atomic E-state index is 0.0772. The molecule has 3 aromatic heterocycles.